The van der Waals surface area contributed by atoms with Crippen molar-refractivity contribution in [2.75, 3.05) is 17.4 Å². The van der Waals surface area contributed by atoms with Gasteiger partial charge in [0.2, 0.25) is 11.8 Å². The number of hydrogen-bond donors (Lipinski definition) is 1. The first kappa shape index (κ1) is 30.2. The van der Waals surface area contributed by atoms with E-state index in [1.165, 1.54) is 23.1 Å². The Balaban J connectivity index is 2.06. The maximum atomic E-state index is 14.0. The number of carbonyl (C=O) groups excluding carboxylic acids is 2. The van der Waals surface area contributed by atoms with E-state index < -0.39 is 28.5 Å². The van der Waals surface area contributed by atoms with E-state index in [0.717, 1.165) is 27.4 Å². The molecule has 9 heteroatoms. The second kappa shape index (κ2) is 13.1. The quantitative estimate of drug-likeness (QED) is 0.335. The van der Waals surface area contributed by atoms with Gasteiger partial charge in [-0.2, -0.15) is 0 Å². The van der Waals surface area contributed by atoms with Crippen LogP contribution in [0.15, 0.2) is 71.6 Å². The molecule has 1 unspecified atom stereocenters. The van der Waals surface area contributed by atoms with E-state index in [1.54, 1.807) is 38.1 Å². The standard InChI is InChI=1S/C30H36ClN3O4S/c1-6-16-32-30(36)24(5)33(19-25-9-7-8-22(3)17-25)29(35)20-34(28-18-26(31)13-12-23(28)4)39(37,38)27-14-10-21(2)11-15-27/h7-15,17-18,24H,6,16,19-20H2,1-5H3,(H,32,36). The predicted molar refractivity (Wildman–Crippen MR) is 156 cm³/mol. The molecule has 0 bridgehead atoms. The zero-order chi connectivity index (χ0) is 28.7. The van der Waals surface area contributed by atoms with Gasteiger partial charge in [0, 0.05) is 18.1 Å². The normalized spacial score (nSPS) is 12.1. The van der Waals surface area contributed by atoms with E-state index >= 15 is 0 Å². The molecule has 7 nitrogen and oxygen atoms in total. The largest absolute Gasteiger partial charge is 0.354 e. The summed E-state index contributed by atoms with van der Waals surface area (Å²) in [7, 11) is -4.15. The van der Waals surface area contributed by atoms with Crippen LogP contribution in [0.4, 0.5) is 5.69 Å². The van der Waals surface area contributed by atoms with Crippen LogP contribution < -0.4 is 9.62 Å². The number of amides is 2. The summed E-state index contributed by atoms with van der Waals surface area (Å²) in [5.74, 6) is -0.810. The van der Waals surface area contributed by atoms with Crippen molar-refractivity contribution in [3.05, 3.63) is 94.0 Å². The number of halogens is 1. The lowest BCUT2D eigenvalue weighted by Crippen LogP contribution is -2.51. The van der Waals surface area contributed by atoms with Crippen LogP contribution in [0.1, 0.15) is 42.5 Å². The number of hydrogen-bond acceptors (Lipinski definition) is 4. The topological polar surface area (TPSA) is 86.8 Å². The Labute approximate surface area is 236 Å². The number of nitrogens with zero attached hydrogens (tertiary/aromatic N) is 2. The summed E-state index contributed by atoms with van der Waals surface area (Å²) in [5.41, 5.74) is 3.70. The second-order valence-electron chi connectivity index (χ2n) is 9.73. The van der Waals surface area contributed by atoms with Crippen molar-refractivity contribution < 1.29 is 18.0 Å². The molecule has 0 spiro atoms. The Morgan fingerprint density at radius 2 is 1.64 bits per heavy atom. The first-order chi connectivity index (χ1) is 18.4. The number of benzene rings is 3. The Kier molecular flexibility index (Phi) is 10.2. The number of sulfonamides is 1. The summed E-state index contributed by atoms with van der Waals surface area (Å²) in [5, 5.41) is 3.19. The molecule has 3 rings (SSSR count). The summed E-state index contributed by atoms with van der Waals surface area (Å²) < 4.78 is 29.0. The molecule has 0 saturated heterocycles. The molecule has 1 N–H and O–H groups in total. The van der Waals surface area contributed by atoms with Crippen molar-refractivity contribution in [1.29, 1.82) is 0 Å². The van der Waals surface area contributed by atoms with E-state index in [4.69, 9.17) is 11.6 Å². The van der Waals surface area contributed by atoms with Crippen molar-refractivity contribution in [3.63, 3.8) is 0 Å². The summed E-state index contributed by atoms with van der Waals surface area (Å²) in [6, 6.07) is 18.2. The van der Waals surface area contributed by atoms with E-state index in [2.05, 4.69) is 5.32 Å². The summed E-state index contributed by atoms with van der Waals surface area (Å²) >= 11 is 6.27. The number of nitrogens with one attached hydrogen (secondary N) is 1. The van der Waals surface area contributed by atoms with Gasteiger partial charge in [0.1, 0.15) is 12.6 Å². The first-order valence-corrected chi connectivity index (χ1v) is 14.7. The molecule has 0 aromatic heterocycles. The van der Waals surface area contributed by atoms with E-state index in [1.807, 2.05) is 45.0 Å². The Morgan fingerprint density at radius 1 is 0.949 bits per heavy atom. The third-order valence-corrected chi connectivity index (χ3v) is 8.49. The zero-order valence-corrected chi connectivity index (χ0v) is 24.6. The first-order valence-electron chi connectivity index (χ1n) is 12.9. The summed E-state index contributed by atoms with van der Waals surface area (Å²) in [4.78, 5) is 28.4. The van der Waals surface area contributed by atoms with Crippen molar-refractivity contribution in [1.82, 2.24) is 10.2 Å². The van der Waals surface area contributed by atoms with Gasteiger partial charge in [-0.05, 0) is 69.5 Å². The maximum absolute atomic E-state index is 14.0. The fraction of sp³-hybridized carbons (Fsp3) is 0.333. The highest BCUT2D eigenvalue weighted by Gasteiger charge is 2.33. The lowest BCUT2D eigenvalue weighted by atomic mass is 10.1. The monoisotopic (exact) mass is 569 g/mol. The van der Waals surface area contributed by atoms with E-state index in [0.29, 0.717) is 22.8 Å². The van der Waals surface area contributed by atoms with Crippen LogP contribution in [0, 0.1) is 20.8 Å². The van der Waals surface area contributed by atoms with E-state index in [-0.39, 0.29) is 17.3 Å². The number of carbonyl (C=O) groups is 2. The molecule has 3 aromatic carbocycles. The van der Waals surface area contributed by atoms with Gasteiger partial charge >= 0.3 is 0 Å². The Morgan fingerprint density at radius 3 is 2.28 bits per heavy atom. The van der Waals surface area contributed by atoms with Crippen molar-refractivity contribution >= 4 is 39.1 Å². The highest BCUT2D eigenvalue weighted by molar-refractivity contribution is 7.92. The van der Waals surface area contributed by atoms with Gasteiger partial charge in [0.15, 0.2) is 0 Å². The molecule has 208 valence electrons. The molecule has 0 fully saturated rings. The fourth-order valence-corrected chi connectivity index (χ4v) is 5.82. The van der Waals surface area contributed by atoms with Crippen LogP contribution in [-0.2, 0) is 26.2 Å². The highest BCUT2D eigenvalue weighted by Crippen LogP contribution is 2.30. The van der Waals surface area contributed by atoms with Gasteiger partial charge in [-0.3, -0.25) is 13.9 Å². The van der Waals surface area contributed by atoms with Crippen molar-refractivity contribution in [2.45, 2.75) is 58.5 Å². The SMILES string of the molecule is CCCNC(=O)C(C)N(Cc1cccc(C)c1)C(=O)CN(c1cc(Cl)ccc1C)S(=O)(=O)c1ccc(C)cc1. The molecule has 0 heterocycles. The average Bonchev–Trinajstić information content (AvgIpc) is 2.90. The Bertz CT molecular complexity index is 1420. The molecule has 0 aliphatic carbocycles. The van der Waals surface area contributed by atoms with Crippen LogP contribution in [0.2, 0.25) is 5.02 Å². The van der Waals surface area contributed by atoms with Gasteiger partial charge in [-0.1, -0.05) is 72.1 Å². The smallest absolute Gasteiger partial charge is 0.264 e. The molecule has 2 amide bonds. The van der Waals surface area contributed by atoms with Crippen LogP contribution in [0.3, 0.4) is 0 Å². The fourth-order valence-electron chi connectivity index (χ4n) is 4.19. The van der Waals surface area contributed by atoms with Crippen LogP contribution >= 0.6 is 11.6 Å². The highest BCUT2D eigenvalue weighted by atomic mass is 35.5. The van der Waals surface area contributed by atoms with E-state index in [9.17, 15) is 18.0 Å². The lowest BCUT2D eigenvalue weighted by Gasteiger charge is -2.32. The van der Waals surface area contributed by atoms with Gasteiger partial charge in [-0.25, -0.2) is 8.42 Å². The molecular weight excluding hydrogens is 534 g/mol. The predicted octanol–water partition coefficient (Wildman–Crippen LogP) is 5.40. The third kappa shape index (κ3) is 7.61. The second-order valence-corrected chi connectivity index (χ2v) is 12.0. The zero-order valence-electron chi connectivity index (χ0n) is 23.1. The molecule has 3 aromatic rings. The maximum Gasteiger partial charge on any atom is 0.264 e. The molecule has 0 aliphatic rings. The summed E-state index contributed by atoms with van der Waals surface area (Å²) in [6.07, 6.45) is 0.751. The molecule has 1 atom stereocenters. The third-order valence-electron chi connectivity index (χ3n) is 6.48. The van der Waals surface area contributed by atoms with Gasteiger partial charge in [-0.15, -0.1) is 0 Å². The minimum atomic E-state index is -4.15. The van der Waals surface area contributed by atoms with Crippen LogP contribution in [0.5, 0.6) is 0 Å². The lowest BCUT2D eigenvalue weighted by molar-refractivity contribution is -0.139. The van der Waals surface area contributed by atoms with Gasteiger partial charge in [0.25, 0.3) is 10.0 Å². The minimum absolute atomic E-state index is 0.0549. The van der Waals surface area contributed by atoms with Crippen LogP contribution in [0.25, 0.3) is 0 Å². The van der Waals surface area contributed by atoms with Crippen molar-refractivity contribution in [3.8, 4) is 0 Å². The Hall–Kier alpha value is -3.36. The minimum Gasteiger partial charge on any atom is -0.354 e. The number of aryl methyl sites for hydroxylation is 3. The number of rotatable bonds is 11. The van der Waals surface area contributed by atoms with Gasteiger partial charge in [0.05, 0.1) is 10.6 Å². The average molecular weight is 570 g/mol. The molecule has 0 radical (unpaired) electrons. The molecule has 39 heavy (non-hydrogen) atoms. The van der Waals surface area contributed by atoms with Crippen LogP contribution in [-0.4, -0.2) is 44.3 Å². The molecule has 0 saturated carbocycles. The molecular formula is C30H36ClN3O4S. The molecule has 0 aliphatic heterocycles. The summed E-state index contributed by atoms with van der Waals surface area (Å²) in [6.45, 7) is 9.30. The number of anilines is 1. The van der Waals surface area contributed by atoms with Gasteiger partial charge < -0.3 is 10.2 Å². The van der Waals surface area contributed by atoms with Crippen molar-refractivity contribution in [2.24, 2.45) is 0 Å².